The Morgan fingerprint density at radius 3 is 1.79 bits per heavy atom. The monoisotopic (exact) mass is 254 g/mol. The summed E-state index contributed by atoms with van der Waals surface area (Å²) < 4.78 is 0. The number of hydrogen-bond donors (Lipinski definition) is 1. The third-order valence-electron chi connectivity index (χ3n) is 3.56. The second-order valence-corrected chi connectivity index (χ2v) is 5.71. The van der Waals surface area contributed by atoms with Crippen LogP contribution in [0.2, 0.25) is 0 Å². The number of phenols is 1. The Kier molecular flexibility index (Phi) is 3.94. The first-order valence-electron chi connectivity index (χ1n) is 6.92. The van der Waals surface area contributed by atoms with E-state index in [9.17, 15) is 5.11 Å². The van der Waals surface area contributed by atoms with Crippen molar-refractivity contribution in [2.45, 2.75) is 39.5 Å². The van der Waals surface area contributed by atoms with Crippen LogP contribution in [0, 0.1) is 0 Å². The maximum absolute atomic E-state index is 10.1. The van der Waals surface area contributed by atoms with Crippen LogP contribution in [0.5, 0.6) is 5.75 Å². The molecule has 0 saturated carbocycles. The molecule has 0 aliphatic heterocycles. The van der Waals surface area contributed by atoms with Gasteiger partial charge in [0.15, 0.2) is 0 Å². The van der Waals surface area contributed by atoms with Gasteiger partial charge in [-0.3, -0.25) is 0 Å². The van der Waals surface area contributed by atoms with Crippen molar-refractivity contribution in [2.24, 2.45) is 0 Å². The topological polar surface area (TPSA) is 20.2 Å². The Labute approximate surface area is 115 Å². The minimum absolute atomic E-state index is 0.345. The maximum Gasteiger partial charge on any atom is 0.119 e. The minimum atomic E-state index is 0.345. The van der Waals surface area contributed by atoms with Gasteiger partial charge in [0, 0.05) is 0 Å². The standard InChI is InChI=1S/C18H22O/c1-12(2)14-5-7-15(8-6-14)16-9-10-17(13(3)4)18(19)11-16/h5-13,19H,1-4H3. The van der Waals surface area contributed by atoms with E-state index >= 15 is 0 Å². The lowest BCUT2D eigenvalue weighted by Crippen LogP contribution is -1.90. The zero-order valence-electron chi connectivity index (χ0n) is 12.1. The molecule has 0 aliphatic carbocycles. The van der Waals surface area contributed by atoms with Gasteiger partial charge in [-0.25, -0.2) is 0 Å². The molecule has 0 unspecified atom stereocenters. The molecule has 1 N–H and O–H groups in total. The SMILES string of the molecule is CC(C)c1ccc(-c2ccc(C(C)C)c(O)c2)cc1. The summed E-state index contributed by atoms with van der Waals surface area (Å²) in [6.07, 6.45) is 0. The summed E-state index contributed by atoms with van der Waals surface area (Å²) in [6, 6.07) is 14.5. The summed E-state index contributed by atoms with van der Waals surface area (Å²) in [4.78, 5) is 0. The average Bonchev–Trinajstić information content (AvgIpc) is 2.38. The Morgan fingerprint density at radius 1 is 0.737 bits per heavy atom. The lowest BCUT2D eigenvalue weighted by Gasteiger charge is -2.11. The first-order chi connectivity index (χ1) is 8.99. The highest BCUT2D eigenvalue weighted by Gasteiger charge is 2.08. The average molecular weight is 254 g/mol. The lowest BCUT2D eigenvalue weighted by molar-refractivity contribution is 0.465. The number of hydrogen-bond acceptors (Lipinski definition) is 1. The van der Waals surface area contributed by atoms with Crippen LogP contribution in [-0.2, 0) is 0 Å². The molecule has 2 rings (SSSR count). The molecular weight excluding hydrogens is 232 g/mol. The fourth-order valence-electron chi connectivity index (χ4n) is 2.27. The highest BCUT2D eigenvalue weighted by atomic mass is 16.3. The highest BCUT2D eigenvalue weighted by molar-refractivity contribution is 5.66. The highest BCUT2D eigenvalue weighted by Crippen LogP contribution is 2.31. The van der Waals surface area contributed by atoms with E-state index in [0.717, 1.165) is 16.7 Å². The van der Waals surface area contributed by atoms with Crippen molar-refractivity contribution in [3.63, 3.8) is 0 Å². The molecule has 0 fully saturated rings. The molecule has 0 heterocycles. The van der Waals surface area contributed by atoms with Crippen LogP contribution < -0.4 is 0 Å². The molecular formula is C18H22O. The van der Waals surface area contributed by atoms with Crippen LogP contribution in [0.3, 0.4) is 0 Å². The van der Waals surface area contributed by atoms with E-state index < -0.39 is 0 Å². The van der Waals surface area contributed by atoms with Gasteiger partial charge in [-0.1, -0.05) is 64.1 Å². The molecule has 19 heavy (non-hydrogen) atoms. The van der Waals surface area contributed by atoms with E-state index in [1.165, 1.54) is 5.56 Å². The fourth-order valence-corrected chi connectivity index (χ4v) is 2.27. The van der Waals surface area contributed by atoms with Crippen LogP contribution in [-0.4, -0.2) is 5.11 Å². The van der Waals surface area contributed by atoms with Crippen molar-refractivity contribution in [1.82, 2.24) is 0 Å². The maximum atomic E-state index is 10.1. The predicted octanol–water partition coefficient (Wildman–Crippen LogP) is 5.31. The lowest BCUT2D eigenvalue weighted by atomic mass is 9.95. The van der Waals surface area contributed by atoms with Gasteiger partial charge in [0.2, 0.25) is 0 Å². The summed E-state index contributed by atoms with van der Waals surface area (Å²) in [6.45, 7) is 8.56. The molecule has 0 bridgehead atoms. The first kappa shape index (κ1) is 13.7. The van der Waals surface area contributed by atoms with Crippen LogP contribution in [0.15, 0.2) is 42.5 Å². The summed E-state index contributed by atoms with van der Waals surface area (Å²) in [5.74, 6) is 1.28. The second-order valence-electron chi connectivity index (χ2n) is 5.71. The number of rotatable bonds is 3. The summed E-state index contributed by atoms with van der Waals surface area (Å²) in [7, 11) is 0. The summed E-state index contributed by atoms with van der Waals surface area (Å²) in [5.41, 5.74) is 4.56. The normalized spacial score (nSPS) is 11.3. The van der Waals surface area contributed by atoms with Gasteiger partial charge >= 0.3 is 0 Å². The zero-order chi connectivity index (χ0) is 14.0. The Hall–Kier alpha value is -1.76. The van der Waals surface area contributed by atoms with E-state index in [0.29, 0.717) is 17.6 Å². The largest absolute Gasteiger partial charge is 0.508 e. The Balaban J connectivity index is 2.34. The number of phenolic OH excluding ortho intramolecular Hbond substituents is 1. The molecule has 1 nitrogen and oxygen atoms in total. The zero-order valence-corrected chi connectivity index (χ0v) is 12.1. The second kappa shape index (κ2) is 5.48. The van der Waals surface area contributed by atoms with Crippen molar-refractivity contribution < 1.29 is 5.11 Å². The van der Waals surface area contributed by atoms with Crippen LogP contribution in [0.1, 0.15) is 50.7 Å². The quantitative estimate of drug-likeness (QED) is 0.787. The van der Waals surface area contributed by atoms with Crippen LogP contribution in [0.4, 0.5) is 0 Å². The molecule has 0 saturated heterocycles. The van der Waals surface area contributed by atoms with Crippen LogP contribution >= 0.6 is 0 Å². The smallest absolute Gasteiger partial charge is 0.119 e. The molecule has 0 aliphatic rings. The molecule has 0 amide bonds. The molecule has 0 radical (unpaired) electrons. The van der Waals surface area contributed by atoms with Gasteiger partial charge < -0.3 is 5.11 Å². The third-order valence-corrected chi connectivity index (χ3v) is 3.56. The summed E-state index contributed by atoms with van der Waals surface area (Å²) in [5, 5.41) is 10.1. The van der Waals surface area contributed by atoms with Gasteiger partial charge in [-0.15, -0.1) is 0 Å². The first-order valence-corrected chi connectivity index (χ1v) is 6.92. The van der Waals surface area contributed by atoms with Crippen LogP contribution in [0.25, 0.3) is 11.1 Å². The van der Waals surface area contributed by atoms with Gasteiger partial charge in [-0.2, -0.15) is 0 Å². The van der Waals surface area contributed by atoms with Gasteiger partial charge in [0.1, 0.15) is 5.75 Å². The van der Waals surface area contributed by atoms with Gasteiger partial charge in [0.05, 0.1) is 0 Å². The van der Waals surface area contributed by atoms with Crippen molar-refractivity contribution in [3.05, 3.63) is 53.6 Å². The number of benzene rings is 2. The van der Waals surface area contributed by atoms with E-state index in [4.69, 9.17) is 0 Å². The molecule has 0 aromatic heterocycles. The van der Waals surface area contributed by atoms with E-state index in [1.807, 2.05) is 12.1 Å². The van der Waals surface area contributed by atoms with Crippen molar-refractivity contribution in [1.29, 1.82) is 0 Å². The Morgan fingerprint density at radius 2 is 1.32 bits per heavy atom. The molecule has 0 spiro atoms. The van der Waals surface area contributed by atoms with Gasteiger partial charge in [0.25, 0.3) is 0 Å². The van der Waals surface area contributed by atoms with E-state index in [2.05, 4.69) is 58.0 Å². The van der Waals surface area contributed by atoms with Gasteiger partial charge in [-0.05, 0) is 40.2 Å². The molecule has 1 heteroatoms. The van der Waals surface area contributed by atoms with Crippen molar-refractivity contribution in [3.8, 4) is 16.9 Å². The molecule has 100 valence electrons. The molecule has 0 atom stereocenters. The Bertz CT molecular complexity index is 550. The van der Waals surface area contributed by atoms with Crippen molar-refractivity contribution >= 4 is 0 Å². The fraction of sp³-hybridized carbons (Fsp3) is 0.333. The minimum Gasteiger partial charge on any atom is -0.508 e. The molecule has 2 aromatic rings. The van der Waals surface area contributed by atoms with E-state index in [-0.39, 0.29) is 0 Å². The predicted molar refractivity (Wildman–Crippen MR) is 81.7 cm³/mol. The number of aromatic hydroxyl groups is 1. The third kappa shape index (κ3) is 2.98. The summed E-state index contributed by atoms with van der Waals surface area (Å²) >= 11 is 0. The van der Waals surface area contributed by atoms with E-state index in [1.54, 1.807) is 0 Å². The van der Waals surface area contributed by atoms with Crippen molar-refractivity contribution in [2.75, 3.05) is 0 Å². The molecule has 2 aromatic carbocycles.